The van der Waals surface area contributed by atoms with Gasteiger partial charge in [-0.25, -0.2) is 19.6 Å². The van der Waals surface area contributed by atoms with Gasteiger partial charge in [0.05, 0.1) is 35.0 Å². The van der Waals surface area contributed by atoms with Crippen molar-refractivity contribution in [2.45, 2.75) is 38.6 Å². The topological polar surface area (TPSA) is 145 Å². The summed E-state index contributed by atoms with van der Waals surface area (Å²) in [6.07, 6.45) is 7.93. The number of hydrogen-bond acceptors (Lipinski definition) is 10. The number of piperidine rings is 1. The van der Waals surface area contributed by atoms with Crippen molar-refractivity contribution >= 4 is 40.4 Å². The molecule has 3 aromatic heterocycles. The number of isocyanates is 1. The van der Waals surface area contributed by atoms with Crippen LogP contribution in [0.3, 0.4) is 0 Å². The fourth-order valence-electron chi connectivity index (χ4n) is 5.16. The first-order valence-electron chi connectivity index (χ1n) is 13.9. The number of hydrogen-bond donors (Lipinski definition) is 1. The van der Waals surface area contributed by atoms with Crippen LogP contribution in [0.25, 0.3) is 11.0 Å². The number of halogens is 1. The first-order chi connectivity index (χ1) is 21.4. The van der Waals surface area contributed by atoms with E-state index in [9.17, 15) is 14.7 Å². The lowest BCUT2D eigenvalue weighted by Crippen LogP contribution is -2.38. The third kappa shape index (κ3) is 6.78. The molecule has 0 aliphatic carbocycles. The largest absolute Gasteiger partial charge is 0.490 e. The van der Waals surface area contributed by atoms with E-state index in [1.807, 2.05) is 16.7 Å². The number of oxazole rings is 1. The van der Waals surface area contributed by atoms with E-state index in [-0.39, 0.29) is 18.3 Å². The van der Waals surface area contributed by atoms with Gasteiger partial charge in [0.15, 0.2) is 0 Å². The van der Waals surface area contributed by atoms with Crippen molar-refractivity contribution < 1.29 is 28.6 Å². The molecule has 1 aliphatic rings. The van der Waals surface area contributed by atoms with Gasteiger partial charge in [0.25, 0.3) is 0 Å². The maximum atomic E-state index is 11.6. The predicted molar refractivity (Wildman–Crippen MR) is 159 cm³/mol. The Kier molecular flexibility index (Phi) is 8.64. The summed E-state index contributed by atoms with van der Waals surface area (Å²) in [5.74, 6) is 1.43. The fourth-order valence-corrected chi connectivity index (χ4v) is 5.32. The van der Waals surface area contributed by atoms with Gasteiger partial charge in [-0.3, -0.25) is 9.88 Å². The highest BCUT2D eigenvalue weighted by atomic mass is 35.5. The Labute approximate surface area is 256 Å². The zero-order valence-corrected chi connectivity index (χ0v) is 24.2. The molecule has 6 rings (SSSR count). The maximum Gasteiger partial charge on any atom is 0.335 e. The average molecular weight is 615 g/mol. The Morgan fingerprint density at radius 1 is 1.09 bits per heavy atom. The van der Waals surface area contributed by atoms with Crippen LogP contribution >= 0.6 is 11.6 Å². The molecule has 0 atom stereocenters. The molecule has 1 N–H and O–H groups in total. The van der Waals surface area contributed by atoms with Crippen LogP contribution in [0.2, 0.25) is 5.02 Å². The summed E-state index contributed by atoms with van der Waals surface area (Å²) in [6, 6.07) is 13.4. The first-order valence-corrected chi connectivity index (χ1v) is 14.3. The number of likely N-dealkylation sites (tertiary alicyclic amines) is 1. The number of carboxylic acids is 1. The Morgan fingerprint density at radius 2 is 1.95 bits per heavy atom. The van der Waals surface area contributed by atoms with Crippen LogP contribution in [0.15, 0.2) is 76.6 Å². The van der Waals surface area contributed by atoms with E-state index >= 15 is 0 Å². The number of pyridine rings is 1. The summed E-state index contributed by atoms with van der Waals surface area (Å²) in [6.45, 7) is 2.68. The number of rotatable bonds is 11. The van der Waals surface area contributed by atoms with Gasteiger partial charge in [-0.15, -0.1) is 0 Å². The molecule has 44 heavy (non-hydrogen) atoms. The normalized spacial score (nSPS) is 13.9. The van der Waals surface area contributed by atoms with E-state index in [4.69, 9.17) is 30.5 Å². The summed E-state index contributed by atoms with van der Waals surface area (Å²) in [4.78, 5) is 41.7. The molecule has 13 heteroatoms. The summed E-state index contributed by atoms with van der Waals surface area (Å²) in [5, 5.41) is 9.94. The Hall–Kier alpha value is -5.03. The number of nitrogens with zero attached hydrogens (tertiary/aromatic N) is 6. The third-order valence-electron chi connectivity index (χ3n) is 7.30. The number of fused-ring (bicyclic) bond motifs is 1. The average Bonchev–Trinajstić information content (AvgIpc) is 3.66. The molecule has 2 aromatic carbocycles. The Balaban J connectivity index is 1.08. The third-order valence-corrected chi connectivity index (χ3v) is 7.54. The SMILES string of the molecule is O=C=Nc1cc(Cl)ccc1OCc1cc(OC2CCN(Cc3nc4ccc(C(=O)O)cc4n3Cc3ncco3)CC2)ccn1. The molecule has 12 nitrogen and oxygen atoms in total. The number of carboxylic acid groups (broad SMARTS) is 1. The summed E-state index contributed by atoms with van der Waals surface area (Å²) < 4.78 is 19.6. The van der Waals surface area contributed by atoms with Gasteiger partial charge in [-0.2, -0.15) is 4.99 Å². The first kappa shape index (κ1) is 29.1. The molecule has 0 amide bonds. The number of imidazole rings is 1. The summed E-state index contributed by atoms with van der Waals surface area (Å²) in [5.41, 5.74) is 2.59. The highest BCUT2D eigenvalue weighted by molar-refractivity contribution is 6.30. The minimum atomic E-state index is -0.992. The molecule has 224 valence electrons. The smallest absolute Gasteiger partial charge is 0.335 e. The molecular formula is C31H27ClN6O6. The number of carbonyl (C=O) groups is 1. The number of ether oxygens (including phenoxy) is 2. The van der Waals surface area contributed by atoms with Crippen molar-refractivity contribution in [1.29, 1.82) is 0 Å². The van der Waals surface area contributed by atoms with E-state index in [0.717, 1.165) is 42.8 Å². The minimum absolute atomic E-state index is 0.0245. The highest BCUT2D eigenvalue weighted by Crippen LogP contribution is 2.31. The van der Waals surface area contributed by atoms with Crippen LogP contribution in [0.4, 0.5) is 5.69 Å². The predicted octanol–water partition coefficient (Wildman–Crippen LogP) is 5.41. The number of aliphatic imine (C=N–C) groups is 1. The molecule has 1 fully saturated rings. The van der Waals surface area contributed by atoms with Gasteiger partial charge in [-0.1, -0.05) is 11.6 Å². The zero-order valence-electron chi connectivity index (χ0n) is 23.4. The number of aromatic carboxylic acids is 1. The quantitative estimate of drug-likeness (QED) is 0.151. The van der Waals surface area contributed by atoms with Crippen LogP contribution in [-0.4, -0.2) is 60.8 Å². The molecule has 0 saturated carbocycles. The number of carbonyl (C=O) groups excluding carboxylic acids is 1. The zero-order chi connectivity index (χ0) is 30.5. The van der Waals surface area contributed by atoms with Crippen LogP contribution < -0.4 is 9.47 Å². The van der Waals surface area contributed by atoms with Crippen molar-refractivity contribution in [3.63, 3.8) is 0 Å². The summed E-state index contributed by atoms with van der Waals surface area (Å²) in [7, 11) is 0. The van der Waals surface area contributed by atoms with E-state index in [0.29, 0.717) is 46.9 Å². The second kappa shape index (κ2) is 13.1. The lowest BCUT2D eigenvalue weighted by Gasteiger charge is -2.32. The second-order valence-corrected chi connectivity index (χ2v) is 10.7. The maximum absolute atomic E-state index is 11.6. The van der Waals surface area contributed by atoms with Crippen LogP contribution in [0, 0.1) is 0 Å². The minimum Gasteiger partial charge on any atom is -0.490 e. The molecule has 0 unspecified atom stereocenters. The fraction of sp³-hybridized carbons (Fsp3) is 0.258. The van der Waals surface area contributed by atoms with E-state index in [2.05, 4.69) is 19.9 Å². The highest BCUT2D eigenvalue weighted by Gasteiger charge is 2.24. The van der Waals surface area contributed by atoms with Gasteiger partial charge < -0.3 is 23.6 Å². The second-order valence-electron chi connectivity index (χ2n) is 10.2. The van der Waals surface area contributed by atoms with Gasteiger partial charge in [0, 0.05) is 30.4 Å². The molecule has 1 saturated heterocycles. The molecule has 5 aromatic rings. The standard InChI is InChI=1S/C31H27ClN6O6/c32-21-2-4-28(26(14-21)35-19-39)43-18-22-15-24(5-8-33-22)44-23-6-10-37(11-7-23)16-29-36-25-3-1-20(31(40)41)13-27(25)38(29)17-30-34-9-12-42-30/h1-5,8-9,12-15,23H,6-7,10-11,16-18H2,(H,40,41). The van der Waals surface area contributed by atoms with Crippen molar-refractivity contribution in [1.82, 2.24) is 24.4 Å². The van der Waals surface area contributed by atoms with E-state index in [1.165, 1.54) is 18.4 Å². The van der Waals surface area contributed by atoms with Gasteiger partial charge in [0.2, 0.25) is 12.0 Å². The molecule has 1 aliphatic heterocycles. The summed E-state index contributed by atoms with van der Waals surface area (Å²) >= 11 is 5.99. The van der Waals surface area contributed by atoms with Crippen LogP contribution in [-0.2, 0) is 24.5 Å². The van der Waals surface area contributed by atoms with Gasteiger partial charge in [-0.05, 0) is 55.3 Å². The molecule has 0 spiro atoms. The molecule has 0 bridgehead atoms. The number of aromatic nitrogens is 4. The molecule has 4 heterocycles. The molecular weight excluding hydrogens is 588 g/mol. The van der Waals surface area contributed by atoms with Crippen molar-refractivity contribution in [2.24, 2.45) is 4.99 Å². The van der Waals surface area contributed by atoms with Crippen molar-refractivity contribution in [3.05, 3.63) is 95.2 Å². The van der Waals surface area contributed by atoms with E-state index in [1.54, 1.807) is 42.7 Å². The van der Waals surface area contributed by atoms with Crippen LogP contribution in [0.5, 0.6) is 11.5 Å². The Morgan fingerprint density at radius 3 is 2.73 bits per heavy atom. The lowest BCUT2D eigenvalue weighted by atomic mass is 10.1. The van der Waals surface area contributed by atoms with Gasteiger partial charge in [0.1, 0.15) is 48.5 Å². The van der Waals surface area contributed by atoms with Gasteiger partial charge >= 0.3 is 5.97 Å². The Bertz CT molecular complexity index is 1830. The number of benzene rings is 2. The molecule has 0 radical (unpaired) electrons. The van der Waals surface area contributed by atoms with Crippen molar-refractivity contribution in [2.75, 3.05) is 13.1 Å². The monoisotopic (exact) mass is 614 g/mol. The lowest BCUT2D eigenvalue weighted by molar-refractivity contribution is 0.0697. The van der Waals surface area contributed by atoms with Crippen LogP contribution in [0.1, 0.15) is 40.6 Å². The van der Waals surface area contributed by atoms with E-state index < -0.39 is 5.97 Å². The van der Waals surface area contributed by atoms with Crippen molar-refractivity contribution in [3.8, 4) is 11.5 Å².